The fourth-order valence-electron chi connectivity index (χ4n) is 1.38. The van der Waals surface area contributed by atoms with Gasteiger partial charge in [0.25, 0.3) is 0 Å². The van der Waals surface area contributed by atoms with Gasteiger partial charge in [-0.15, -0.1) is 0 Å². The Morgan fingerprint density at radius 3 is 2.71 bits per heavy atom. The van der Waals surface area contributed by atoms with Crippen molar-refractivity contribution >= 4 is 0 Å². The van der Waals surface area contributed by atoms with Crippen molar-refractivity contribution < 1.29 is 9.84 Å². The van der Waals surface area contributed by atoms with Gasteiger partial charge in [-0.3, -0.25) is 4.68 Å². The van der Waals surface area contributed by atoms with E-state index in [1.165, 1.54) is 0 Å². The summed E-state index contributed by atoms with van der Waals surface area (Å²) < 4.78 is 6.79. The van der Waals surface area contributed by atoms with Crippen molar-refractivity contribution in [2.75, 3.05) is 13.7 Å². The SMILES string of the molecule is COCCn1cc(C(C)C)c(CO)n1. The van der Waals surface area contributed by atoms with Gasteiger partial charge in [0.15, 0.2) is 0 Å². The molecule has 4 nitrogen and oxygen atoms in total. The molecule has 0 atom stereocenters. The standard InChI is InChI=1S/C10H18N2O2/c1-8(2)9-6-12(4-5-14-3)11-10(9)7-13/h6,8,13H,4-5,7H2,1-3H3. The Labute approximate surface area is 84.5 Å². The molecule has 14 heavy (non-hydrogen) atoms. The second-order valence-electron chi connectivity index (χ2n) is 3.60. The van der Waals surface area contributed by atoms with E-state index in [1.807, 2.05) is 10.9 Å². The first kappa shape index (κ1) is 11.2. The molecule has 0 spiro atoms. The monoisotopic (exact) mass is 198 g/mol. The lowest BCUT2D eigenvalue weighted by molar-refractivity contribution is 0.183. The number of aromatic nitrogens is 2. The lowest BCUT2D eigenvalue weighted by Gasteiger charge is -2.01. The molecule has 0 fully saturated rings. The molecule has 0 bridgehead atoms. The third-order valence-electron chi connectivity index (χ3n) is 2.17. The van der Waals surface area contributed by atoms with E-state index in [2.05, 4.69) is 18.9 Å². The highest BCUT2D eigenvalue weighted by Gasteiger charge is 2.10. The van der Waals surface area contributed by atoms with E-state index < -0.39 is 0 Å². The van der Waals surface area contributed by atoms with Crippen molar-refractivity contribution in [1.82, 2.24) is 9.78 Å². The largest absolute Gasteiger partial charge is 0.390 e. The van der Waals surface area contributed by atoms with E-state index in [1.54, 1.807) is 7.11 Å². The fourth-order valence-corrected chi connectivity index (χ4v) is 1.38. The summed E-state index contributed by atoms with van der Waals surface area (Å²) in [4.78, 5) is 0. The second-order valence-corrected chi connectivity index (χ2v) is 3.60. The number of rotatable bonds is 5. The van der Waals surface area contributed by atoms with Crippen LogP contribution in [-0.4, -0.2) is 28.6 Å². The van der Waals surface area contributed by atoms with Crippen molar-refractivity contribution in [1.29, 1.82) is 0 Å². The zero-order chi connectivity index (χ0) is 10.6. The van der Waals surface area contributed by atoms with Crippen molar-refractivity contribution in [2.24, 2.45) is 0 Å². The summed E-state index contributed by atoms with van der Waals surface area (Å²) in [6.45, 7) is 5.57. The highest BCUT2D eigenvalue weighted by molar-refractivity contribution is 5.19. The number of aliphatic hydroxyl groups is 1. The third-order valence-corrected chi connectivity index (χ3v) is 2.17. The van der Waals surface area contributed by atoms with Crippen LogP contribution in [0, 0.1) is 0 Å². The van der Waals surface area contributed by atoms with Crippen molar-refractivity contribution in [3.63, 3.8) is 0 Å². The Morgan fingerprint density at radius 1 is 1.57 bits per heavy atom. The first-order chi connectivity index (χ1) is 6.69. The summed E-state index contributed by atoms with van der Waals surface area (Å²) in [5.41, 5.74) is 1.89. The van der Waals surface area contributed by atoms with Crippen molar-refractivity contribution in [3.05, 3.63) is 17.5 Å². The molecule has 0 unspecified atom stereocenters. The highest BCUT2D eigenvalue weighted by atomic mass is 16.5. The van der Waals surface area contributed by atoms with E-state index in [9.17, 15) is 0 Å². The molecule has 0 amide bonds. The zero-order valence-electron chi connectivity index (χ0n) is 9.03. The third kappa shape index (κ3) is 2.56. The van der Waals surface area contributed by atoms with Gasteiger partial charge in [0, 0.05) is 13.3 Å². The Hall–Kier alpha value is -0.870. The highest BCUT2D eigenvalue weighted by Crippen LogP contribution is 2.18. The van der Waals surface area contributed by atoms with Crippen LogP contribution in [0.3, 0.4) is 0 Å². The number of hydrogen-bond donors (Lipinski definition) is 1. The van der Waals surface area contributed by atoms with Crippen LogP contribution in [0.1, 0.15) is 31.0 Å². The van der Waals surface area contributed by atoms with Crippen LogP contribution in [0.2, 0.25) is 0 Å². The van der Waals surface area contributed by atoms with Crippen molar-refractivity contribution in [3.8, 4) is 0 Å². The molecule has 0 saturated heterocycles. The Bertz CT molecular complexity index is 282. The fraction of sp³-hybridized carbons (Fsp3) is 0.700. The van der Waals surface area contributed by atoms with Crippen LogP contribution in [0.15, 0.2) is 6.20 Å². The van der Waals surface area contributed by atoms with Crippen LogP contribution < -0.4 is 0 Å². The molecule has 1 heterocycles. The maximum Gasteiger partial charge on any atom is 0.0913 e. The van der Waals surface area contributed by atoms with Gasteiger partial charge in [-0.2, -0.15) is 5.10 Å². The average Bonchev–Trinajstić information content (AvgIpc) is 2.57. The average molecular weight is 198 g/mol. The summed E-state index contributed by atoms with van der Waals surface area (Å²) in [7, 11) is 1.67. The van der Waals surface area contributed by atoms with Gasteiger partial charge in [-0.25, -0.2) is 0 Å². The Morgan fingerprint density at radius 2 is 2.29 bits per heavy atom. The first-order valence-electron chi connectivity index (χ1n) is 4.85. The molecular formula is C10H18N2O2. The van der Waals surface area contributed by atoms with Gasteiger partial charge in [0.1, 0.15) is 0 Å². The van der Waals surface area contributed by atoms with E-state index in [-0.39, 0.29) is 6.61 Å². The van der Waals surface area contributed by atoms with Crippen molar-refractivity contribution in [2.45, 2.75) is 32.9 Å². The molecule has 0 aliphatic carbocycles. The van der Waals surface area contributed by atoms with Gasteiger partial charge in [0.05, 0.1) is 25.5 Å². The predicted octanol–water partition coefficient (Wildman–Crippen LogP) is 1.15. The predicted molar refractivity (Wildman–Crippen MR) is 54.1 cm³/mol. The van der Waals surface area contributed by atoms with Gasteiger partial charge in [-0.05, 0) is 11.5 Å². The summed E-state index contributed by atoms with van der Waals surface area (Å²) in [5.74, 6) is 0.397. The maximum absolute atomic E-state index is 9.10. The van der Waals surface area contributed by atoms with Crippen LogP contribution >= 0.6 is 0 Å². The van der Waals surface area contributed by atoms with E-state index in [0.29, 0.717) is 12.5 Å². The van der Waals surface area contributed by atoms with Gasteiger partial charge in [0.2, 0.25) is 0 Å². The first-order valence-corrected chi connectivity index (χ1v) is 4.85. The molecule has 1 aromatic heterocycles. The molecule has 0 aromatic carbocycles. The molecular weight excluding hydrogens is 180 g/mol. The van der Waals surface area contributed by atoms with E-state index in [0.717, 1.165) is 17.8 Å². The summed E-state index contributed by atoms with van der Waals surface area (Å²) in [6, 6.07) is 0. The topological polar surface area (TPSA) is 47.3 Å². The van der Waals surface area contributed by atoms with E-state index in [4.69, 9.17) is 9.84 Å². The Kier molecular flexibility index (Phi) is 4.10. The summed E-state index contributed by atoms with van der Waals surface area (Å²) in [5, 5.41) is 13.4. The number of ether oxygens (including phenoxy) is 1. The lowest BCUT2D eigenvalue weighted by Crippen LogP contribution is -2.04. The van der Waals surface area contributed by atoms with Gasteiger partial charge < -0.3 is 9.84 Å². The quantitative estimate of drug-likeness (QED) is 0.772. The molecule has 0 saturated carbocycles. The van der Waals surface area contributed by atoms with Crippen LogP contribution in [0.4, 0.5) is 0 Å². The van der Waals surface area contributed by atoms with E-state index >= 15 is 0 Å². The smallest absolute Gasteiger partial charge is 0.0913 e. The molecule has 1 aromatic rings. The number of hydrogen-bond acceptors (Lipinski definition) is 3. The van der Waals surface area contributed by atoms with Gasteiger partial charge >= 0.3 is 0 Å². The number of aliphatic hydroxyl groups excluding tert-OH is 1. The summed E-state index contributed by atoms with van der Waals surface area (Å²) in [6.07, 6.45) is 1.98. The maximum atomic E-state index is 9.10. The Balaban J connectivity index is 2.78. The normalized spacial score (nSPS) is 11.2. The summed E-state index contributed by atoms with van der Waals surface area (Å²) >= 11 is 0. The zero-order valence-corrected chi connectivity index (χ0v) is 9.03. The minimum atomic E-state index is 0.00744. The molecule has 0 aliphatic heterocycles. The van der Waals surface area contributed by atoms with Crippen LogP contribution in [0.25, 0.3) is 0 Å². The molecule has 4 heteroatoms. The minimum Gasteiger partial charge on any atom is -0.390 e. The molecule has 1 N–H and O–H groups in total. The molecule has 80 valence electrons. The molecule has 0 radical (unpaired) electrons. The second kappa shape index (κ2) is 5.12. The van der Waals surface area contributed by atoms with Crippen LogP contribution in [-0.2, 0) is 17.9 Å². The molecule has 1 rings (SSSR count). The van der Waals surface area contributed by atoms with Crippen LogP contribution in [0.5, 0.6) is 0 Å². The molecule has 0 aliphatic rings. The van der Waals surface area contributed by atoms with Gasteiger partial charge in [-0.1, -0.05) is 13.8 Å². The lowest BCUT2D eigenvalue weighted by atomic mass is 10.1. The number of methoxy groups -OCH3 is 1. The minimum absolute atomic E-state index is 0.00744. The number of nitrogens with zero attached hydrogens (tertiary/aromatic N) is 2.